The van der Waals surface area contributed by atoms with Gasteiger partial charge in [-0.2, -0.15) is 0 Å². The lowest BCUT2D eigenvalue weighted by Crippen LogP contribution is -2.53. The Labute approximate surface area is 177 Å². The van der Waals surface area contributed by atoms with Gasteiger partial charge in [0.2, 0.25) is 5.91 Å². The fraction of sp³-hybridized carbons (Fsp3) is 0.300. The van der Waals surface area contributed by atoms with Crippen LogP contribution in [0.5, 0.6) is 5.75 Å². The van der Waals surface area contributed by atoms with Crippen LogP contribution in [0.2, 0.25) is 10.0 Å². The lowest BCUT2D eigenvalue weighted by molar-refractivity contribution is -0.124. The Morgan fingerprint density at radius 2 is 1.90 bits per heavy atom. The molecule has 0 aliphatic carbocycles. The highest BCUT2D eigenvalue weighted by Crippen LogP contribution is 2.20. The van der Waals surface area contributed by atoms with Crippen LogP contribution in [0.4, 0.5) is 10.1 Å². The molecule has 6 nitrogen and oxygen atoms in total. The van der Waals surface area contributed by atoms with E-state index in [9.17, 15) is 14.0 Å². The van der Waals surface area contributed by atoms with Crippen LogP contribution in [0.1, 0.15) is 12.8 Å². The summed E-state index contributed by atoms with van der Waals surface area (Å²) in [6.07, 6.45) is 1.22. The Hall–Kier alpha value is -2.35. The molecule has 2 amide bonds. The molecule has 0 bridgehead atoms. The number of nitrogens with one attached hydrogen (secondary N) is 3. The van der Waals surface area contributed by atoms with E-state index in [1.165, 1.54) is 12.1 Å². The van der Waals surface area contributed by atoms with Crippen LogP contribution in [0.25, 0.3) is 0 Å². The zero-order valence-electron chi connectivity index (χ0n) is 15.4. The number of benzene rings is 2. The molecule has 1 fully saturated rings. The molecule has 1 saturated heterocycles. The number of anilines is 1. The molecular formula is C20H20Cl2FN3O3. The Morgan fingerprint density at radius 1 is 1.14 bits per heavy atom. The van der Waals surface area contributed by atoms with Crippen molar-refractivity contribution in [1.82, 2.24) is 10.6 Å². The molecule has 0 radical (unpaired) electrons. The fourth-order valence-corrected chi connectivity index (χ4v) is 3.19. The van der Waals surface area contributed by atoms with E-state index in [-0.39, 0.29) is 41.3 Å². The van der Waals surface area contributed by atoms with Gasteiger partial charge in [-0.3, -0.25) is 9.59 Å². The van der Waals surface area contributed by atoms with Crippen molar-refractivity contribution in [3.8, 4) is 5.75 Å². The lowest BCUT2D eigenvalue weighted by atomic mass is 10.00. The van der Waals surface area contributed by atoms with Crippen molar-refractivity contribution in [2.24, 2.45) is 0 Å². The summed E-state index contributed by atoms with van der Waals surface area (Å²) in [6.45, 7) is 0.220. The Morgan fingerprint density at radius 3 is 2.55 bits per heavy atom. The van der Waals surface area contributed by atoms with Crippen LogP contribution in [-0.4, -0.2) is 37.0 Å². The number of ether oxygens (including phenoxy) is 1. The zero-order chi connectivity index (χ0) is 20.8. The van der Waals surface area contributed by atoms with E-state index in [4.69, 9.17) is 27.9 Å². The van der Waals surface area contributed by atoms with Crippen molar-refractivity contribution in [3.05, 3.63) is 58.3 Å². The fourth-order valence-electron chi connectivity index (χ4n) is 2.95. The molecule has 29 heavy (non-hydrogen) atoms. The molecule has 0 aromatic heterocycles. The molecule has 0 unspecified atom stereocenters. The van der Waals surface area contributed by atoms with Crippen molar-refractivity contribution in [2.45, 2.75) is 24.9 Å². The normalized spacial score (nSPS) is 18.7. The summed E-state index contributed by atoms with van der Waals surface area (Å²) in [7, 11) is 0. The molecule has 154 valence electrons. The van der Waals surface area contributed by atoms with Gasteiger partial charge in [0.15, 0.2) is 6.61 Å². The van der Waals surface area contributed by atoms with Crippen LogP contribution in [0, 0.1) is 5.82 Å². The third kappa shape index (κ3) is 6.32. The standard InChI is InChI=1S/C20H20Cl2FN3O3/c21-12-1-3-13(4-2-12)26-20(28)18-8-5-14(10-24-18)25-19(27)11-29-15-6-7-16(22)17(23)9-15/h1-4,6-7,9,14,18,24H,5,8,10-11H2,(H,25,27)(H,26,28)/t14-,18+/m1/s1. The second-order valence-corrected chi connectivity index (χ2v) is 7.51. The van der Waals surface area contributed by atoms with Gasteiger partial charge in [-0.1, -0.05) is 23.2 Å². The van der Waals surface area contributed by atoms with Crippen molar-refractivity contribution in [1.29, 1.82) is 0 Å². The Balaban J connectivity index is 1.39. The average molecular weight is 440 g/mol. The first-order valence-corrected chi connectivity index (χ1v) is 9.83. The van der Waals surface area contributed by atoms with Gasteiger partial charge in [0.25, 0.3) is 5.91 Å². The molecule has 0 spiro atoms. The average Bonchev–Trinajstić information content (AvgIpc) is 2.71. The second kappa shape index (κ2) is 9.91. The smallest absolute Gasteiger partial charge is 0.258 e. The number of rotatable bonds is 6. The van der Waals surface area contributed by atoms with Crippen molar-refractivity contribution in [2.75, 3.05) is 18.5 Å². The first-order valence-electron chi connectivity index (χ1n) is 9.08. The van der Waals surface area contributed by atoms with Crippen molar-refractivity contribution in [3.63, 3.8) is 0 Å². The van der Waals surface area contributed by atoms with Crippen LogP contribution in [0.15, 0.2) is 42.5 Å². The summed E-state index contributed by atoms with van der Waals surface area (Å²) in [6, 6.07) is 10.4. The monoisotopic (exact) mass is 439 g/mol. The van der Waals surface area contributed by atoms with Gasteiger partial charge in [-0.25, -0.2) is 4.39 Å². The molecule has 0 saturated carbocycles. The van der Waals surface area contributed by atoms with Crippen LogP contribution in [-0.2, 0) is 9.59 Å². The van der Waals surface area contributed by atoms with Gasteiger partial charge >= 0.3 is 0 Å². The molecule has 1 aliphatic rings. The predicted molar refractivity (Wildman–Crippen MR) is 110 cm³/mol. The van der Waals surface area contributed by atoms with E-state index in [1.807, 2.05) is 0 Å². The highest BCUT2D eigenvalue weighted by Gasteiger charge is 2.26. The largest absolute Gasteiger partial charge is 0.484 e. The summed E-state index contributed by atoms with van der Waals surface area (Å²) in [5.41, 5.74) is 0.674. The summed E-state index contributed by atoms with van der Waals surface area (Å²) in [5.74, 6) is -0.840. The molecule has 9 heteroatoms. The quantitative estimate of drug-likeness (QED) is 0.644. The highest BCUT2D eigenvalue weighted by molar-refractivity contribution is 6.31. The summed E-state index contributed by atoms with van der Waals surface area (Å²) in [4.78, 5) is 24.4. The Bertz CT molecular complexity index is 872. The Kier molecular flexibility index (Phi) is 7.30. The van der Waals surface area contributed by atoms with Gasteiger partial charge < -0.3 is 20.7 Å². The van der Waals surface area contributed by atoms with E-state index in [2.05, 4.69) is 16.0 Å². The molecular weight excluding hydrogens is 420 g/mol. The van der Waals surface area contributed by atoms with Gasteiger partial charge in [0.1, 0.15) is 11.6 Å². The topological polar surface area (TPSA) is 79.5 Å². The number of piperidine rings is 1. The number of amides is 2. The molecule has 2 atom stereocenters. The maximum atomic E-state index is 13.4. The SMILES string of the molecule is O=C(COc1ccc(Cl)c(F)c1)N[C@@H]1CC[C@@H](C(=O)Nc2ccc(Cl)cc2)NC1. The number of hydrogen-bond donors (Lipinski definition) is 3. The van der Waals surface area contributed by atoms with Gasteiger partial charge in [-0.05, 0) is 49.2 Å². The van der Waals surface area contributed by atoms with Gasteiger partial charge in [0, 0.05) is 29.4 Å². The van der Waals surface area contributed by atoms with Crippen LogP contribution >= 0.6 is 23.2 Å². The minimum Gasteiger partial charge on any atom is -0.484 e. The summed E-state index contributed by atoms with van der Waals surface area (Å²) < 4.78 is 18.6. The molecule has 1 aliphatic heterocycles. The minimum atomic E-state index is -0.607. The first-order chi connectivity index (χ1) is 13.9. The molecule has 2 aromatic rings. The molecule has 1 heterocycles. The third-order valence-corrected chi connectivity index (χ3v) is 5.03. The zero-order valence-corrected chi connectivity index (χ0v) is 16.9. The predicted octanol–water partition coefficient (Wildman–Crippen LogP) is 3.39. The van der Waals surface area contributed by atoms with Crippen LogP contribution < -0.4 is 20.7 Å². The van der Waals surface area contributed by atoms with E-state index in [0.717, 1.165) is 6.07 Å². The number of halogens is 3. The van der Waals surface area contributed by atoms with Crippen molar-refractivity contribution < 1.29 is 18.7 Å². The van der Waals surface area contributed by atoms with Gasteiger partial charge in [0.05, 0.1) is 11.1 Å². The van der Waals surface area contributed by atoms with Crippen molar-refractivity contribution >= 4 is 40.7 Å². The number of carbonyl (C=O) groups is 2. The van der Waals surface area contributed by atoms with E-state index in [0.29, 0.717) is 30.1 Å². The second-order valence-electron chi connectivity index (χ2n) is 6.66. The van der Waals surface area contributed by atoms with E-state index < -0.39 is 5.82 Å². The molecule has 3 N–H and O–H groups in total. The third-order valence-electron chi connectivity index (χ3n) is 4.47. The van der Waals surface area contributed by atoms with E-state index in [1.54, 1.807) is 24.3 Å². The number of carbonyl (C=O) groups excluding carboxylic acids is 2. The first kappa shape index (κ1) is 21.4. The van der Waals surface area contributed by atoms with Gasteiger partial charge in [-0.15, -0.1) is 0 Å². The summed E-state index contributed by atoms with van der Waals surface area (Å²) in [5, 5.41) is 9.40. The minimum absolute atomic E-state index is 0.00950. The summed E-state index contributed by atoms with van der Waals surface area (Å²) >= 11 is 11.4. The van der Waals surface area contributed by atoms with E-state index >= 15 is 0 Å². The lowest BCUT2D eigenvalue weighted by Gasteiger charge is -2.29. The molecule has 2 aromatic carbocycles. The maximum absolute atomic E-state index is 13.4. The maximum Gasteiger partial charge on any atom is 0.258 e. The molecule has 3 rings (SSSR count). The number of hydrogen-bond acceptors (Lipinski definition) is 4. The van der Waals surface area contributed by atoms with Crippen LogP contribution in [0.3, 0.4) is 0 Å². The highest BCUT2D eigenvalue weighted by atomic mass is 35.5.